The molecule has 0 saturated carbocycles. The van der Waals surface area contributed by atoms with Crippen molar-refractivity contribution in [3.63, 3.8) is 0 Å². The van der Waals surface area contributed by atoms with Gasteiger partial charge in [-0.1, -0.05) is 29.3 Å². The predicted octanol–water partition coefficient (Wildman–Crippen LogP) is 3.53. The van der Waals surface area contributed by atoms with Crippen LogP contribution < -0.4 is 5.32 Å². The van der Waals surface area contributed by atoms with E-state index in [2.05, 4.69) is 20.5 Å². The second-order valence-electron chi connectivity index (χ2n) is 5.50. The topological polar surface area (TPSA) is 77.1 Å². The highest BCUT2D eigenvalue weighted by atomic mass is 35.5. The number of carbonyl (C=O) groups excluding carboxylic acids is 1. The van der Waals surface area contributed by atoms with E-state index in [0.29, 0.717) is 33.6 Å². The number of hydrogen-bond donors (Lipinski definition) is 1. The molecule has 0 spiro atoms. The zero-order chi connectivity index (χ0) is 18.1. The van der Waals surface area contributed by atoms with Crippen LogP contribution >= 0.6 is 23.2 Å². The van der Waals surface area contributed by atoms with E-state index in [9.17, 15) is 4.79 Å². The SMILES string of the molecule is O=C(Nc1ccn(Cc2c(Cl)cccc2Cl)n1)c1cnn2cccnc12. The first-order valence-corrected chi connectivity index (χ1v) is 8.43. The van der Waals surface area contributed by atoms with E-state index in [1.807, 2.05) is 0 Å². The number of hydrogen-bond acceptors (Lipinski definition) is 4. The molecule has 130 valence electrons. The van der Waals surface area contributed by atoms with Gasteiger partial charge in [0.1, 0.15) is 5.56 Å². The molecule has 0 aliphatic heterocycles. The number of nitrogens with one attached hydrogen (secondary N) is 1. The molecular weight excluding hydrogens is 375 g/mol. The molecule has 0 bridgehead atoms. The smallest absolute Gasteiger partial charge is 0.262 e. The number of anilines is 1. The van der Waals surface area contributed by atoms with E-state index in [-0.39, 0.29) is 5.91 Å². The molecule has 0 saturated heterocycles. The zero-order valence-electron chi connectivity index (χ0n) is 13.3. The number of fused-ring (bicyclic) bond motifs is 1. The van der Waals surface area contributed by atoms with Crippen molar-refractivity contribution in [1.82, 2.24) is 24.4 Å². The van der Waals surface area contributed by atoms with E-state index in [0.717, 1.165) is 5.56 Å². The third-order valence-electron chi connectivity index (χ3n) is 3.79. The third-order valence-corrected chi connectivity index (χ3v) is 4.50. The molecule has 0 radical (unpaired) electrons. The molecule has 3 heterocycles. The predicted molar refractivity (Wildman–Crippen MR) is 98.7 cm³/mol. The van der Waals surface area contributed by atoms with Crippen LogP contribution in [0.15, 0.2) is 55.1 Å². The molecular formula is C17H12Cl2N6O. The molecule has 3 aromatic heterocycles. The summed E-state index contributed by atoms with van der Waals surface area (Å²) in [5.74, 6) is 0.0770. The molecule has 1 N–H and O–H groups in total. The van der Waals surface area contributed by atoms with Gasteiger partial charge in [0.2, 0.25) is 0 Å². The van der Waals surface area contributed by atoms with Gasteiger partial charge in [0.05, 0.1) is 12.7 Å². The molecule has 1 amide bonds. The average molecular weight is 387 g/mol. The number of rotatable bonds is 4. The fourth-order valence-electron chi connectivity index (χ4n) is 2.53. The molecule has 0 unspecified atom stereocenters. The first-order chi connectivity index (χ1) is 12.6. The fraction of sp³-hybridized carbons (Fsp3) is 0.0588. The molecule has 4 aromatic rings. The minimum Gasteiger partial charge on any atom is -0.305 e. The van der Waals surface area contributed by atoms with E-state index >= 15 is 0 Å². The van der Waals surface area contributed by atoms with Gasteiger partial charge in [-0.3, -0.25) is 9.48 Å². The molecule has 9 heteroatoms. The highest BCUT2D eigenvalue weighted by molar-refractivity contribution is 6.35. The van der Waals surface area contributed by atoms with Crippen LogP contribution in [0.1, 0.15) is 15.9 Å². The minimum absolute atomic E-state index is 0.334. The highest BCUT2D eigenvalue weighted by Gasteiger charge is 2.15. The van der Waals surface area contributed by atoms with Crippen molar-refractivity contribution in [1.29, 1.82) is 0 Å². The lowest BCUT2D eigenvalue weighted by Gasteiger charge is -2.07. The van der Waals surface area contributed by atoms with Crippen molar-refractivity contribution < 1.29 is 4.79 Å². The van der Waals surface area contributed by atoms with Gasteiger partial charge in [-0.05, 0) is 18.2 Å². The van der Waals surface area contributed by atoms with Crippen LogP contribution in [0.25, 0.3) is 5.65 Å². The van der Waals surface area contributed by atoms with Gasteiger partial charge in [-0.15, -0.1) is 0 Å². The Morgan fingerprint density at radius 1 is 1.12 bits per heavy atom. The zero-order valence-corrected chi connectivity index (χ0v) is 14.8. The summed E-state index contributed by atoms with van der Waals surface area (Å²) in [6.45, 7) is 0.395. The Labute approximate surface area is 158 Å². The summed E-state index contributed by atoms with van der Waals surface area (Å²) in [6, 6.07) is 8.76. The molecule has 26 heavy (non-hydrogen) atoms. The molecule has 0 aliphatic carbocycles. The Morgan fingerprint density at radius 2 is 1.92 bits per heavy atom. The van der Waals surface area contributed by atoms with Crippen LogP contribution in [0.2, 0.25) is 10.0 Å². The molecule has 1 aromatic carbocycles. The maximum atomic E-state index is 12.5. The van der Waals surface area contributed by atoms with Crippen molar-refractivity contribution in [2.45, 2.75) is 6.54 Å². The molecule has 4 rings (SSSR count). The summed E-state index contributed by atoms with van der Waals surface area (Å²) in [6.07, 6.45) is 6.54. The van der Waals surface area contributed by atoms with E-state index in [1.165, 1.54) is 10.7 Å². The maximum absolute atomic E-state index is 12.5. The largest absolute Gasteiger partial charge is 0.305 e. The summed E-state index contributed by atoms with van der Waals surface area (Å²) in [7, 11) is 0. The number of halogens is 2. The maximum Gasteiger partial charge on any atom is 0.262 e. The highest BCUT2D eigenvalue weighted by Crippen LogP contribution is 2.25. The number of amides is 1. The van der Waals surface area contributed by atoms with Gasteiger partial charge in [-0.25, -0.2) is 9.50 Å². The molecule has 0 aliphatic rings. The van der Waals surface area contributed by atoms with Crippen molar-refractivity contribution in [2.75, 3.05) is 5.32 Å². The first kappa shape index (κ1) is 16.6. The Hall–Kier alpha value is -2.90. The summed E-state index contributed by atoms with van der Waals surface area (Å²) < 4.78 is 3.18. The van der Waals surface area contributed by atoms with Crippen LogP contribution in [0.4, 0.5) is 5.82 Å². The van der Waals surface area contributed by atoms with Crippen molar-refractivity contribution in [3.05, 3.63) is 76.3 Å². The van der Waals surface area contributed by atoms with Crippen molar-refractivity contribution in [2.24, 2.45) is 0 Å². The van der Waals surface area contributed by atoms with Crippen LogP contribution in [0.3, 0.4) is 0 Å². The minimum atomic E-state index is -0.334. The number of carbonyl (C=O) groups is 1. The normalized spacial score (nSPS) is 11.0. The van der Waals surface area contributed by atoms with Crippen molar-refractivity contribution in [3.8, 4) is 0 Å². The number of benzene rings is 1. The fourth-order valence-corrected chi connectivity index (χ4v) is 3.05. The lowest BCUT2D eigenvalue weighted by Crippen LogP contribution is -2.13. The quantitative estimate of drug-likeness (QED) is 0.581. The second-order valence-corrected chi connectivity index (χ2v) is 6.31. The average Bonchev–Trinajstić information content (AvgIpc) is 3.25. The summed E-state index contributed by atoms with van der Waals surface area (Å²) >= 11 is 12.4. The summed E-state index contributed by atoms with van der Waals surface area (Å²) in [5.41, 5.74) is 1.62. The van der Waals surface area contributed by atoms with Gasteiger partial charge in [-0.2, -0.15) is 10.2 Å². The van der Waals surface area contributed by atoms with Gasteiger partial charge < -0.3 is 5.32 Å². The monoisotopic (exact) mass is 386 g/mol. The second kappa shape index (κ2) is 6.78. The van der Waals surface area contributed by atoms with Crippen LogP contribution in [-0.2, 0) is 6.54 Å². The van der Waals surface area contributed by atoms with Gasteiger partial charge in [0.25, 0.3) is 5.91 Å². The van der Waals surface area contributed by atoms with E-state index < -0.39 is 0 Å². The summed E-state index contributed by atoms with van der Waals surface area (Å²) in [4.78, 5) is 16.6. The molecule has 0 atom stereocenters. The van der Waals surface area contributed by atoms with E-state index in [1.54, 1.807) is 53.6 Å². The first-order valence-electron chi connectivity index (χ1n) is 7.68. The Balaban J connectivity index is 1.52. The van der Waals surface area contributed by atoms with Gasteiger partial charge in [0.15, 0.2) is 11.5 Å². The van der Waals surface area contributed by atoms with Crippen LogP contribution in [-0.4, -0.2) is 30.3 Å². The lowest BCUT2D eigenvalue weighted by molar-refractivity contribution is 0.102. The number of aromatic nitrogens is 5. The molecule has 0 fully saturated rings. The number of nitrogens with zero attached hydrogens (tertiary/aromatic N) is 5. The van der Waals surface area contributed by atoms with Crippen molar-refractivity contribution >= 4 is 40.6 Å². The van der Waals surface area contributed by atoms with E-state index in [4.69, 9.17) is 23.2 Å². The van der Waals surface area contributed by atoms with Gasteiger partial charge >= 0.3 is 0 Å². The van der Waals surface area contributed by atoms with Crippen LogP contribution in [0.5, 0.6) is 0 Å². The Morgan fingerprint density at radius 3 is 2.73 bits per heavy atom. The van der Waals surface area contributed by atoms with Crippen LogP contribution in [0, 0.1) is 0 Å². The Bertz CT molecular complexity index is 1080. The van der Waals surface area contributed by atoms with Gasteiger partial charge in [0, 0.05) is 40.3 Å². The lowest BCUT2D eigenvalue weighted by atomic mass is 10.2. The Kier molecular flexibility index (Phi) is 4.32. The summed E-state index contributed by atoms with van der Waals surface area (Å²) in [5, 5.41) is 12.3. The molecule has 7 nitrogen and oxygen atoms in total. The third kappa shape index (κ3) is 3.14. The standard InChI is InChI=1S/C17H12Cl2N6O/c18-13-3-1-4-14(19)12(13)10-24-8-5-15(23-24)22-17(26)11-9-21-25-7-2-6-20-16(11)25/h1-9H,10H2,(H,22,23,26).